The van der Waals surface area contributed by atoms with Crippen LogP contribution in [0, 0.1) is 11.8 Å². The van der Waals surface area contributed by atoms with Gasteiger partial charge in [0.15, 0.2) is 0 Å². The number of nitrogens with one attached hydrogen (secondary N) is 4. The van der Waals surface area contributed by atoms with Crippen molar-refractivity contribution in [1.82, 2.24) is 40.9 Å². The summed E-state index contributed by atoms with van der Waals surface area (Å²) in [6.45, 7) is -1.27. The second-order valence-corrected chi connectivity index (χ2v) is 25.8. The lowest BCUT2D eigenvalue weighted by molar-refractivity contribution is -0.139. The summed E-state index contributed by atoms with van der Waals surface area (Å²) in [5.74, 6) is -2.48. The Hall–Kier alpha value is -8.36. The number of hydrogen-bond donors (Lipinski definition) is 6. The summed E-state index contributed by atoms with van der Waals surface area (Å²) in [6, 6.07) is 42.5. The maximum atomic E-state index is 14.7. The molecule has 2 heterocycles. The summed E-state index contributed by atoms with van der Waals surface area (Å²) >= 11 is 1.50. The quantitative estimate of drug-likeness (QED) is 0.0427. The molecule has 2 aliphatic carbocycles. The monoisotopic (exact) mass is 1260 g/mol. The number of amides is 9. The van der Waals surface area contributed by atoms with Crippen molar-refractivity contribution in [2.75, 3.05) is 64.7 Å². The normalized spacial score (nSPS) is 20.1. The first kappa shape index (κ1) is 68.5. The first-order valence-electron chi connectivity index (χ1n) is 32.2. The van der Waals surface area contributed by atoms with Gasteiger partial charge in [-0.1, -0.05) is 140 Å². The molecule has 0 aromatic heterocycles. The molecule has 4 atom stereocenters. The Morgan fingerprint density at radius 1 is 0.495 bits per heavy atom. The fraction of sp³-hybridized carbons (Fsp3) is 0.451. The van der Waals surface area contributed by atoms with Crippen molar-refractivity contribution in [2.24, 2.45) is 23.3 Å². The highest BCUT2D eigenvalue weighted by Gasteiger charge is 2.34. The molecular formula is C71H90N10O9S. The van der Waals surface area contributed by atoms with Gasteiger partial charge in [0.1, 0.15) is 0 Å². The maximum absolute atomic E-state index is 14.7. The predicted octanol–water partition coefficient (Wildman–Crippen LogP) is 5.77. The Labute approximate surface area is 539 Å². The SMILES string of the molecule is NCCCC[C@H]1CN(C(=O)CCc2ccccc2)CC(=O)N[C@@H](Cc2ccccc2)CN(CC(N)=O)C(=O)CCSCc2ccc(cc2)C(=O)N[C@@H](Cc2ccccc2)CN(C(=O)CC2CC2)CC(=O)N[C@@H](Cc2ccccc2)CN(C(=O)CC2CC2)CC(=O)N1. The van der Waals surface area contributed by atoms with E-state index in [0.717, 1.165) is 53.5 Å². The zero-order valence-corrected chi connectivity index (χ0v) is 53.0. The third-order valence-corrected chi connectivity index (χ3v) is 17.7. The molecule has 0 radical (unpaired) electrons. The topological polar surface area (TPSA) is 267 Å². The molecule has 2 fully saturated rings. The van der Waals surface area contributed by atoms with E-state index in [-0.39, 0.29) is 119 Å². The molecule has 5 aromatic rings. The molecule has 9 rings (SSSR count). The molecule has 91 heavy (non-hydrogen) atoms. The molecule has 0 saturated heterocycles. The second-order valence-electron chi connectivity index (χ2n) is 24.7. The van der Waals surface area contributed by atoms with E-state index >= 15 is 0 Å². The van der Waals surface area contributed by atoms with Crippen molar-refractivity contribution in [1.29, 1.82) is 0 Å². The van der Waals surface area contributed by atoms with Crippen LogP contribution in [0.4, 0.5) is 0 Å². The van der Waals surface area contributed by atoms with E-state index in [1.807, 2.05) is 133 Å². The van der Waals surface area contributed by atoms with Crippen LogP contribution < -0.4 is 32.7 Å². The fourth-order valence-corrected chi connectivity index (χ4v) is 12.4. The van der Waals surface area contributed by atoms with Crippen LogP contribution in [0.1, 0.15) is 109 Å². The molecule has 484 valence electrons. The average molecular weight is 1260 g/mol. The summed E-state index contributed by atoms with van der Waals surface area (Å²) < 4.78 is 0. The summed E-state index contributed by atoms with van der Waals surface area (Å²) in [5.41, 5.74) is 16.6. The van der Waals surface area contributed by atoms with Gasteiger partial charge >= 0.3 is 0 Å². The number of aryl methyl sites for hydroxylation is 1. The van der Waals surface area contributed by atoms with Crippen molar-refractivity contribution in [2.45, 2.75) is 126 Å². The number of fused-ring (bicyclic) bond motifs is 29. The number of carbonyl (C=O) groups is 9. The van der Waals surface area contributed by atoms with Crippen LogP contribution in [0.5, 0.6) is 0 Å². The van der Waals surface area contributed by atoms with Crippen LogP contribution >= 0.6 is 11.8 Å². The Morgan fingerprint density at radius 2 is 0.923 bits per heavy atom. The number of carbonyl (C=O) groups excluding carboxylic acids is 9. The number of rotatable bonds is 19. The highest BCUT2D eigenvalue weighted by atomic mass is 32.2. The summed E-state index contributed by atoms with van der Waals surface area (Å²) in [4.78, 5) is 134. The summed E-state index contributed by atoms with van der Waals surface area (Å²) in [7, 11) is 0. The molecule has 19 nitrogen and oxygen atoms in total. The smallest absolute Gasteiger partial charge is 0.251 e. The number of benzene rings is 5. The molecule has 2 aliphatic heterocycles. The van der Waals surface area contributed by atoms with Gasteiger partial charge in [-0.15, -0.1) is 0 Å². The molecular weight excluding hydrogens is 1170 g/mol. The number of thioether (sulfide) groups is 1. The Bertz CT molecular complexity index is 3170. The minimum Gasteiger partial charge on any atom is -0.368 e. The largest absolute Gasteiger partial charge is 0.368 e. The maximum Gasteiger partial charge on any atom is 0.251 e. The second kappa shape index (κ2) is 35.9. The molecule has 5 aromatic carbocycles. The van der Waals surface area contributed by atoms with E-state index in [1.165, 1.54) is 31.4 Å². The van der Waals surface area contributed by atoms with Gasteiger partial charge in [-0.05, 0) is 123 Å². The van der Waals surface area contributed by atoms with Gasteiger partial charge in [-0.25, -0.2) is 0 Å². The van der Waals surface area contributed by atoms with E-state index in [9.17, 15) is 43.2 Å². The molecule has 2 saturated carbocycles. The lowest BCUT2D eigenvalue weighted by Gasteiger charge is -2.32. The van der Waals surface area contributed by atoms with Gasteiger partial charge < -0.3 is 52.3 Å². The van der Waals surface area contributed by atoms with Crippen LogP contribution in [0.25, 0.3) is 0 Å². The zero-order chi connectivity index (χ0) is 64.3. The van der Waals surface area contributed by atoms with E-state index < -0.39 is 60.9 Å². The van der Waals surface area contributed by atoms with Crippen LogP contribution in [-0.4, -0.2) is 162 Å². The van der Waals surface area contributed by atoms with E-state index in [0.29, 0.717) is 55.7 Å². The van der Waals surface area contributed by atoms with Gasteiger partial charge in [0.2, 0.25) is 47.3 Å². The standard InChI is InChI=1S/C71H90N10O9S/c72-35-14-13-23-59-42-79(67(86)33-30-51-15-5-1-6-16-51)47-65(84)75-60(37-52-17-7-2-8-18-52)43-78(46-63(73)82)68(87)34-36-91-50-57-28-31-58(32-29-57)71(90)77-62(39-54-21-11-4-12-22-54)45-81(70(89)41-56-26-27-56)49-66(85)76-61(38-53-19-9-3-10-20-53)44-80(48-64(83)74-59)69(88)40-55-24-25-55/h1-12,15-22,28-29,31-32,55-56,59-62H,13-14,23-27,30,33-50,72H2,(H2,73,82)(H,74,83)(H,75,84)(H,76,85)(H,77,90)/t59-,60-,61-,62-/m0/s1. The lowest BCUT2D eigenvalue weighted by atomic mass is 10.0. The molecule has 8 N–H and O–H groups in total. The van der Waals surface area contributed by atoms with Crippen molar-refractivity contribution in [3.63, 3.8) is 0 Å². The number of nitrogens with two attached hydrogens (primary N) is 2. The van der Waals surface area contributed by atoms with Crippen LogP contribution in [0.15, 0.2) is 146 Å². The fourth-order valence-electron chi connectivity index (χ4n) is 11.5. The minimum absolute atomic E-state index is 0.0281. The minimum atomic E-state index is -0.728. The van der Waals surface area contributed by atoms with Gasteiger partial charge in [0, 0.05) is 75.0 Å². The Kier molecular flexibility index (Phi) is 27.0. The Morgan fingerprint density at radius 3 is 1.38 bits per heavy atom. The Balaban J connectivity index is 1.12. The molecule has 20 heteroatoms. The summed E-state index contributed by atoms with van der Waals surface area (Å²) in [6.07, 6.45) is 6.99. The number of nitrogens with zero attached hydrogens (tertiary/aromatic N) is 4. The van der Waals surface area contributed by atoms with Crippen molar-refractivity contribution in [3.8, 4) is 0 Å². The van der Waals surface area contributed by atoms with Gasteiger partial charge in [0.25, 0.3) is 5.91 Å². The predicted molar refractivity (Wildman–Crippen MR) is 353 cm³/mol. The van der Waals surface area contributed by atoms with Crippen molar-refractivity contribution >= 4 is 64.9 Å². The van der Waals surface area contributed by atoms with E-state index in [4.69, 9.17) is 11.5 Å². The highest BCUT2D eigenvalue weighted by Crippen LogP contribution is 2.34. The molecule has 0 unspecified atom stereocenters. The molecule has 4 aliphatic rings. The van der Waals surface area contributed by atoms with Crippen molar-refractivity contribution in [3.05, 3.63) is 179 Å². The van der Waals surface area contributed by atoms with Gasteiger partial charge in [-0.2, -0.15) is 11.8 Å². The number of unbranched alkanes of at least 4 members (excludes halogenated alkanes) is 1. The van der Waals surface area contributed by atoms with Gasteiger partial charge in [-0.3, -0.25) is 43.2 Å². The first-order valence-corrected chi connectivity index (χ1v) is 33.4. The molecule has 9 amide bonds. The summed E-state index contributed by atoms with van der Waals surface area (Å²) in [5, 5.41) is 12.6. The molecule has 0 spiro atoms. The van der Waals surface area contributed by atoms with E-state index in [2.05, 4.69) is 21.3 Å². The first-order chi connectivity index (χ1) is 44.1. The van der Waals surface area contributed by atoms with Crippen LogP contribution in [-0.2, 0) is 69.8 Å². The molecule has 2 bridgehead atoms. The van der Waals surface area contributed by atoms with Crippen LogP contribution in [0.3, 0.4) is 0 Å². The third kappa shape index (κ3) is 24.8. The number of primary amides is 1. The lowest BCUT2D eigenvalue weighted by Crippen LogP contribution is -2.55. The van der Waals surface area contributed by atoms with Gasteiger partial charge in [0.05, 0.1) is 44.3 Å². The average Bonchev–Trinajstić information content (AvgIpc) is 3.90. The van der Waals surface area contributed by atoms with Crippen molar-refractivity contribution < 1.29 is 43.2 Å². The number of hydrogen-bond acceptors (Lipinski definition) is 11. The third-order valence-electron chi connectivity index (χ3n) is 16.7. The van der Waals surface area contributed by atoms with Crippen LogP contribution in [0.2, 0.25) is 0 Å². The zero-order valence-electron chi connectivity index (χ0n) is 52.2. The van der Waals surface area contributed by atoms with E-state index in [1.54, 1.807) is 12.1 Å². The highest BCUT2D eigenvalue weighted by molar-refractivity contribution is 7.98.